The first-order valence-corrected chi connectivity index (χ1v) is 6.33. The monoisotopic (exact) mass is 273 g/mol. The van der Waals surface area contributed by atoms with E-state index in [-0.39, 0.29) is 18.7 Å². The van der Waals surface area contributed by atoms with Crippen molar-refractivity contribution in [2.24, 2.45) is 0 Å². The number of ketones is 1. The molecule has 0 saturated heterocycles. The van der Waals surface area contributed by atoms with Crippen molar-refractivity contribution in [2.45, 2.75) is 32.9 Å². The summed E-state index contributed by atoms with van der Waals surface area (Å²) in [5.41, 5.74) is 0.733. The Kier molecular flexibility index (Phi) is 5.39. The first-order chi connectivity index (χ1) is 8.89. The molecule has 0 heterocycles. The van der Waals surface area contributed by atoms with Gasteiger partial charge < -0.3 is 4.90 Å². The Morgan fingerprint density at radius 1 is 1.21 bits per heavy atom. The van der Waals surface area contributed by atoms with Crippen molar-refractivity contribution in [3.8, 4) is 0 Å². The molecule has 5 heteroatoms. The van der Waals surface area contributed by atoms with E-state index in [1.807, 2.05) is 6.92 Å². The molecule has 0 unspecified atom stereocenters. The number of halogens is 3. The van der Waals surface area contributed by atoms with E-state index in [2.05, 4.69) is 0 Å². The van der Waals surface area contributed by atoms with Crippen LogP contribution in [0.3, 0.4) is 0 Å². The van der Waals surface area contributed by atoms with Crippen LogP contribution in [0.5, 0.6) is 0 Å². The summed E-state index contributed by atoms with van der Waals surface area (Å²) in [7, 11) is 0. The predicted molar refractivity (Wildman–Crippen MR) is 69.6 cm³/mol. The first kappa shape index (κ1) is 15.5. The zero-order valence-corrected chi connectivity index (χ0v) is 11.1. The third-order valence-corrected chi connectivity index (χ3v) is 2.73. The number of carbonyl (C=O) groups is 1. The van der Waals surface area contributed by atoms with Gasteiger partial charge in [-0.1, -0.05) is 26.0 Å². The normalized spacial score (nSPS) is 11.4. The Morgan fingerprint density at radius 2 is 1.84 bits per heavy atom. The molecule has 106 valence electrons. The van der Waals surface area contributed by atoms with Crippen LogP contribution in [0.15, 0.2) is 24.3 Å². The maximum atomic E-state index is 12.6. The predicted octanol–water partition coefficient (Wildman–Crippen LogP) is 4.06. The Bertz CT molecular complexity index is 429. The molecule has 0 N–H and O–H groups in total. The highest BCUT2D eigenvalue weighted by atomic mass is 19.4. The average Bonchev–Trinajstić information content (AvgIpc) is 2.36. The van der Waals surface area contributed by atoms with Crippen LogP contribution < -0.4 is 4.90 Å². The maximum absolute atomic E-state index is 12.6. The summed E-state index contributed by atoms with van der Waals surface area (Å²) in [6, 6.07) is 6.48. The zero-order valence-electron chi connectivity index (χ0n) is 11.1. The van der Waals surface area contributed by atoms with Crippen LogP contribution in [-0.2, 0) is 0 Å². The Hall–Kier alpha value is -1.52. The van der Waals surface area contributed by atoms with Gasteiger partial charge in [0, 0.05) is 24.2 Å². The minimum Gasteiger partial charge on any atom is -0.362 e. The number of Topliss-reactive ketones (excluding diaryl/α,β-unsaturated/α-hetero) is 1. The molecule has 2 nitrogen and oxygen atoms in total. The molecule has 0 amide bonds. The van der Waals surface area contributed by atoms with E-state index in [0.29, 0.717) is 17.7 Å². The lowest BCUT2D eigenvalue weighted by atomic mass is 10.1. The molecule has 0 spiro atoms. The zero-order chi connectivity index (χ0) is 14.5. The van der Waals surface area contributed by atoms with Crippen molar-refractivity contribution in [3.05, 3.63) is 29.8 Å². The molecular formula is C14H18F3NO. The summed E-state index contributed by atoms with van der Waals surface area (Å²) in [6.07, 6.45) is -3.41. The third-order valence-electron chi connectivity index (χ3n) is 2.73. The van der Waals surface area contributed by atoms with E-state index >= 15 is 0 Å². The SMILES string of the molecule is CCCN(CC(F)(F)F)c1ccccc1C(=O)CC. The summed E-state index contributed by atoms with van der Waals surface area (Å²) >= 11 is 0. The van der Waals surface area contributed by atoms with Crippen molar-refractivity contribution in [3.63, 3.8) is 0 Å². The number of nitrogens with zero attached hydrogens (tertiary/aromatic N) is 1. The average molecular weight is 273 g/mol. The van der Waals surface area contributed by atoms with Gasteiger partial charge in [-0.25, -0.2) is 0 Å². The fourth-order valence-corrected chi connectivity index (χ4v) is 1.95. The molecule has 1 rings (SSSR count). The van der Waals surface area contributed by atoms with Gasteiger partial charge in [0.2, 0.25) is 0 Å². The Morgan fingerprint density at radius 3 is 2.37 bits per heavy atom. The van der Waals surface area contributed by atoms with Crippen molar-refractivity contribution in [2.75, 3.05) is 18.0 Å². The molecule has 0 saturated carbocycles. The van der Waals surface area contributed by atoms with E-state index in [9.17, 15) is 18.0 Å². The highest BCUT2D eigenvalue weighted by Crippen LogP contribution is 2.26. The summed E-state index contributed by atoms with van der Waals surface area (Å²) in [5, 5.41) is 0. The van der Waals surface area contributed by atoms with Crippen LogP contribution in [0.25, 0.3) is 0 Å². The summed E-state index contributed by atoms with van der Waals surface area (Å²) in [4.78, 5) is 13.0. The lowest BCUT2D eigenvalue weighted by molar-refractivity contribution is -0.119. The second-order valence-corrected chi connectivity index (χ2v) is 4.33. The van der Waals surface area contributed by atoms with Crippen molar-refractivity contribution >= 4 is 11.5 Å². The molecule has 0 aliphatic rings. The van der Waals surface area contributed by atoms with Crippen LogP contribution in [0.2, 0.25) is 0 Å². The number of hydrogen-bond acceptors (Lipinski definition) is 2. The third kappa shape index (κ3) is 4.58. The van der Waals surface area contributed by atoms with Gasteiger partial charge in [-0.3, -0.25) is 4.79 Å². The number of benzene rings is 1. The number of carbonyl (C=O) groups excluding carboxylic acids is 1. The highest BCUT2D eigenvalue weighted by Gasteiger charge is 2.31. The van der Waals surface area contributed by atoms with Crippen LogP contribution in [0.1, 0.15) is 37.0 Å². The smallest absolute Gasteiger partial charge is 0.362 e. The van der Waals surface area contributed by atoms with Crippen LogP contribution in [-0.4, -0.2) is 25.0 Å². The van der Waals surface area contributed by atoms with Gasteiger partial charge in [0.05, 0.1) is 0 Å². The lowest BCUT2D eigenvalue weighted by Gasteiger charge is -2.27. The van der Waals surface area contributed by atoms with Gasteiger partial charge in [-0.05, 0) is 18.6 Å². The van der Waals surface area contributed by atoms with Crippen molar-refractivity contribution < 1.29 is 18.0 Å². The molecule has 0 radical (unpaired) electrons. The van der Waals surface area contributed by atoms with E-state index < -0.39 is 12.7 Å². The standard InChI is InChI=1S/C14H18F3NO/c1-3-9-18(10-14(15,16)17)12-8-6-5-7-11(12)13(19)4-2/h5-8H,3-4,9-10H2,1-2H3. The van der Waals surface area contributed by atoms with E-state index in [1.54, 1.807) is 31.2 Å². The van der Waals surface area contributed by atoms with Gasteiger partial charge in [-0.2, -0.15) is 13.2 Å². The largest absolute Gasteiger partial charge is 0.405 e. The van der Waals surface area contributed by atoms with Crippen molar-refractivity contribution in [1.82, 2.24) is 0 Å². The van der Waals surface area contributed by atoms with Crippen molar-refractivity contribution in [1.29, 1.82) is 0 Å². The second-order valence-electron chi connectivity index (χ2n) is 4.33. The highest BCUT2D eigenvalue weighted by molar-refractivity contribution is 6.01. The molecule has 0 aromatic heterocycles. The molecule has 0 aliphatic carbocycles. The van der Waals surface area contributed by atoms with Gasteiger partial charge in [0.1, 0.15) is 6.54 Å². The molecule has 0 bridgehead atoms. The van der Waals surface area contributed by atoms with Gasteiger partial charge in [0.15, 0.2) is 5.78 Å². The van der Waals surface area contributed by atoms with Crippen LogP contribution >= 0.6 is 0 Å². The van der Waals surface area contributed by atoms with Gasteiger partial charge in [0.25, 0.3) is 0 Å². The quantitative estimate of drug-likeness (QED) is 0.728. The Balaban J connectivity index is 3.11. The van der Waals surface area contributed by atoms with Crippen LogP contribution in [0, 0.1) is 0 Å². The number of para-hydroxylation sites is 1. The first-order valence-electron chi connectivity index (χ1n) is 6.33. The maximum Gasteiger partial charge on any atom is 0.405 e. The molecule has 19 heavy (non-hydrogen) atoms. The number of anilines is 1. The molecular weight excluding hydrogens is 255 g/mol. The van der Waals surface area contributed by atoms with E-state index in [0.717, 1.165) is 0 Å². The molecule has 1 aromatic carbocycles. The van der Waals surface area contributed by atoms with E-state index in [1.165, 1.54) is 4.90 Å². The topological polar surface area (TPSA) is 20.3 Å². The fourth-order valence-electron chi connectivity index (χ4n) is 1.95. The van der Waals surface area contributed by atoms with Crippen LogP contribution in [0.4, 0.5) is 18.9 Å². The Labute approximate surface area is 111 Å². The lowest BCUT2D eigenvalue weighted by Crippen LogP contribution is -2.35. The van der Waals surface area contributed by atoms with E-state index in [4.69, 9.17) is 0 Å². The van der Waals surface area contributed by atoms with Gasteiger partial charge in [-0.15, -0.1) is 0 Å². The summed E-state index contributed by atoms with van der Waals surface area (Å²) in [5.74, 6) is -0.140. The number of rotatable bonds is 6. The minimum atomic E-state index is -4.28. The number of alkyl halides is 3. The summed E-state index contributed by atoms with van der Waals surface area (Å²) < 4.78 is 37.8. The van der Waals surface area contributed by atoms with Gasteiger partial charge >= 0.3 is 6.18 Å². The fraction of sp³-hybridized carbons (Fsp3) is 0.500. The second kappa shape index (κ2) is 6.59. The summed E-state index contributed by atoms with van der Waals surface area (Å²) in [6.45, 7) is 2.75. The molecule has 0 atom stereocenters. The molecule has 1 aromatic rings. The number of hydrogen-bond donors (Lipinski definition) is 0. The molecule has 0 fully saturated rings. The minimum absolute atomic E-state index is 0.140. The molecule has 0 aliphatic heterocycles.